The topological polar surface area (TPSA) is 47.3 Å². The summed E-state index contributed by atoms with van der Waals surface area (Å²) in [6.07, 6.45) is 0. The Hall–Kier alpha value is -1.78. The van der Waals surface area contributed by atoms with E-state index in [4.69, 9.17) is 34.3 Å². The number of anilines is 1. The van der Waals surface area contributed by atoms with Gasteiger partial charge >= 0.3 is 0 Å². The number of nitrogens with one attached hydrogen (secondary N) is 1. The van der Waals surface area contributed by atoms with Crippen LogP contribution in [-0.4, -0.2) is 12.1 Å². The van der Waals surface area contributed by atoms with Crippen LogP contribution in [0, 0.1) is 0 Å². The van der Waals surface area contributed by atoms with Crippen molar-refractivity contribution in [2.75, 3.05) is 12.4 Å². The summed E-state index contributed by atoms with van der Waals surface area (Å²) in [5.74, 6) is 0.833. The molecule has 5 heteroatoms. The normalized spacial score (nSPS) is 10.1. The predicted octanol–water partition coefficient (Wildman–Crippen LogP) is 3.59. The number of thiocarbonyl (C=S) groups is 1. The lowest BCUT2D eigenvalue weighted by atomic mass is 10.2. The number of ether oxygens (including phenoxy) is 1. The lowest BCUT2D eigenvalue weighted by Gasteiger charge is -2.10. The molecule has 0 aromatic heterocycles. The van der Waals surface area contributed by atoms with Crippen LogP contribution in [0.4, 0.5) is 5.69 Å². The minimum Gasteiger partial charge on any atom is -0.497 e. The number of nitrogens with two attached hydrogens (primary N) is 1. The second kappa shape index (κ2) is 6.59. The number of hydrogen-bond acceptors (Lipinski definition) is 3. The molecule has 0 unspecified atom stereocenters. The molecule has 0 spiro atoms. The van der Waals surface area contributed by atoms with Crippen molar-refractivity contribution in [1.29, 1.82) is 0 Å². The molecule has 0 atom stereocenters. The average molecular weight is 307 g/mol. The number of benzene rings is 2. The third-order valence-corrected chi connectivity index (χ3v) is 3.42. The Balaban J connectivity index is 2.08. The van der Waals surface area contributed by atoms with Crippen LogP contribution in [0.5, 0.6) is 5.75 Å². The van der Waals surface area contributed by atoms with Gasteiger partial charge in [-0.05, 0) is 35.9 Å². The van der Waals surface area contributed by atoms with Gasteiger partial charge in [-0.1, -0.05) is 36.0 Å². The molecule has 2 rings (SSSR count). The fourth-order valence-electron chi connectivity index (χ4n) is 1.79. The maximum atomic E-state index is 6.20. The van der Waals surface area contributed by atoms with Gasteiger partial charge < -0.3 is 15.8 Å². The standard InChI is InChI=1S/C15H15ClN2OS/c1-19-12-4-2-3-10(7-12)9-18-14-6-5-11(15(17)20)8-13(14)16/h2-8,18H,9H2,1H3,(H2,17,20). The monoisotopic (exact) mass is 306 g/mol. The van der Waals surface area contributed by atoms with E-state index >= 15 is 0 Å². The van der Waals surface area contributed by atoms with E-state index in [0.717, 1.165) is 22.6 Å². The molecule has 104 valence electrons. The molecule has 0 heterocycles. The molecule has 2 aromatic carbocycles. The molecule has 2 aromatic rings. The van der Waals surface area contributed by atoms with Gasteiger partial charge in [0.1, 0.15) is 10.7 Å². The molecule has 3 N–H and O–H groups in total. The van der Waals surface area contributed by atoms with Gasteiger partial charge in [0.15, 0.2) is 0 Å². The highest BCUT2D eigenvalue weighted by atomic mass is 35.5. The van der Waals surface area contributed by atoms with Crippen molar-refractivity contribution in [1.82, 2.24) is 0 Å². The lowest BCUT2D eigenvalue weighted by Crippen LogP contribution is -2.09. The first-order valence-corrected chi connectivity index (χ1v) is 6.85. The van der Waals surface area contributed by atoms with E-state index < -0.39 is 0 Å². The van der Waals surface area contributed by atoms with Gasteiger partial charge in [0.2, 0.25) is 0 Å². The molecular formula is C15H15ClN2OS. The van der Waals surface area contributed by atoms with Gasteiger partial charge in [0.25, 0.3) is 0 Å². The van der Waals surface area contributed by atoms with Crippen LogP contribution < -0.4 is 15.8 Å². The highest BCUT2D eigenvalue weighted by Crippen LogP contribution is 2.24. The number of rotatable bonds is 5. The van der Waals surface area contributed by atoms with Crippen LogP contribution in [0.1, 0.15) is 11.1 Å². The van der Waals surface area contributed by atoms with E-state index in [2.05, 4.69) is 5.32 Å². The van der Waals surface area contributed by atoms with E-state index in [9.17, 15) is 0 Å². The summed E-state index contributed by atoms with van der Waals surface area (Å²) < 4.78 is 5.19. The minimum atomic E-state index is 0.339. The van der Waals surface area contributed by atoms with Crippen LogP contribution in [0.3, 0.4) is 0 Å². The first kappa shape index (κ1) is 14.6. The Morgan fingerprint density at radius 2 is 2.10 bits per heavy atom. The second-order valence-corrected chi connectivity index (χ2v) is 5.11. The number of halogens is 1. The largest absolute Gasteiger partial charge is 0.497 e. The number of hydrogen-bond donors (Lipinski definition) is 2. The Labute approximate surface area is 128 Å². The Kier molecular flexibility index (Phi) is 4.82. The molecule has 3 nitrogen and oxygen atoms in total. The maximum Gasteiger partial charge on any atom is 0.119 e. The zero-order valence-corrected chi connectivity index (χ0v) is 12.6. The Morgan fingerprint density at radius 3 is 2.75 bits per heavy atom. The van der Waals surface area contributed by atoms with Crippen molar-refractivity contribution in [3.05, 3.63) is 58.6 Å². The summed E-state index contributed by atoms with van der Waals surface area (Å²) in [6, 6.07) is 13.3. The molecule has 0 bridgehead atoms. The zero-order valence-electron chi connectivity index (χ0n) is 11.0. The van der Waals surface area contributed by atoms with Crippen molar-refractivity contribution in [3.8, 4) is 5.75 Å². The molecule has 0 saturated carbocycles. The predicted molar refractivity (Wildman–Crippen MR) is 87.7 cm³/mol. The highest BCUT2D eigenvalue weighted by Gasteiger charge is 2.04. The van der Waals surface area contributed by atoms with Gasteiger partial charge in [-0.15, -0.1) is 0 Å². The fraction of sp³-hybridized carbons (Fsp3) is 0.133. The van der Waals surface area contributed by atoms with Crippen molar-refractivity contribution < 1.29 is 4.74 Å². The lowest BCUT2D eigenvalue weighted by molar-refractivity contribution is 0.414. The Bertz CT molecular complexity index is 631. The van der Waals surface area contributed by atoms with Crippen molar-refractivity contribution >= 4 is 34.5 Å². The first-order chi connectivity index (χ1) is 9.60. The molecule has 0 aliphatic carbocycles. The third kappa shape index (κ3) is 3.62. The fourth-order valence-corrected chi connectivity index (χ4v) is 2.17. The SMILES string of the molecule is COc1cccc(CNc2ccc(C(N)=S)cc2Cl)c1. The van der Waals surface area contributed by atoms with Crippen LogP contribution in [-0.2, 0) is 6.54 Å². The molecule has 0 fully saturated rings. The molecule has 0 aliphatic heterocycles. The van der Waals surface area contributed by atoms with E-state index in [1.165, 1.54) is 0 Å². The molecule has 0 aliphatic rings. The third-order valence-electron chi connectivity index (χ3n) is 2.87. The van der Waals surface area contributed by atoms with E-state index in [0.29, 0.717) is 16.6 Å². The van der Waals surface area contributed by atoms with Gasteiger partial charge in [-0.2, -0.15) is 0 Å². The van der Waals surface area contributed by atoms with Crippen LogP contribution in [0.15, 0.2) is 42.5 Å². The van der Waals surface area contributed by atoms with E-state index in [1.54, 1.807) is 13.2 Å². The molecule has 0 amide bonds. The van der Waals surface area contributed by atoms with Crippen LogP contribution in [0.25, 0.3) is 0 Å². The van der Waals surface area contributed by atoms with Gasteiger partial charge in [-0.3, -0.25) is 0 Å². The molecule has 0 radical (unpaired) electrons. The second-order valence-electron chi connectivity index (χ2n) is 4.26. The van der Waals surface area contributed by atoms with E-state index in [1.807, 2.05) is 36.4 Å². The van der Waals surface area contributed by atoms with Gasteiger partial charge in [0, 0.05) is 12.1 Å². The summed E-state index contributed by atoms with van der Waals surface area (Å²) in [5.41, 5.74) is 8.28. The smallest absolute Gasteiger partial charge is 0.119 e. The maximum absolute atomic E-state index is 6.20. The van der Waals surface area contributed by atoms with Crippen molar-refractivity contribution in [3.63, 3.8) is 0 Å². The quantitative estimate of drug-likeness (QED) is 0.829. The zero-order chi connectivity index (χ0) is 14.5. The summed E-state index contributed by atoms with van der Waals surface area (Å²) in [5, 5.41) is 3.87. The summed E-state index contributed by atoms with van der Waals surface area (Å²) in [7, 11) is 1.65. The Morgan fingerprint density at radius 1 is 1.30 bits per heavy atom. The van der Waals surface area contributed by atoms with Crippen LogP contribution in [0.2, 0.25) is 5.02 Å². The first-order valence-electron chi connectivity index (χ1n) is 6.06. The highest BCUT2D eigenvalue weighted by molar-refractivity contribution is 7.80. The summed E-state index contributed by atoms with van der Waals surface area (Å²) in [4.78, 5) is 0.339. The summed E-state index contributed by atoms with van der Waals surface area (Å²) in [6.45, 7) is 0.656. The van der Waals surface area contributed by atoms with Crippen molar-refractivity contribution in [2.24, 2.45) is 5.73 Å². The molecular weight excluding hydrogens is 292 g/mol. The molecule has 0 saturated heterocycles. The average Bonchev–Trinajstić information content (AvgIpc) is 2.46. The summed E-state index contributed by atoms with van der Waals surface area (Å²) >= 11 is 11.1. The molecule has 20 heavy (non-hydrogen) atoms. The minimum absolute atomic E-state index is 0.339. The van der Waals surface area contributed by atoms with Crippen LogP contribution >= 0.6 is 23.8 Å². The number of methoxy groups -OCH3 is 1. The van der Waals surface area contributed by atoms with Gasteiger partial charge in [0.05, 0.1) is 17.8 Å². The van der Waals surface area contributed by atoms with E-state index in [-0.39, 0.29) is 0 Å². The van der Waals surface area contributed by atoms with Gasteiger partial charge in [-0.25, -0.2) is 0 Å². The van der Waals surface area contributed by atoms with Crippen molar-refractivity contribution in [2.45, 2.75) is 6.54 Å².